The molecule has 1 aromatic heterocycles. The number of amides is 1. The lowest BCUT2D eigenvalue weighted by molar-refractivity contribution is -0.118. The third-order valence-corrected chi connectivity index (χ3v) is 4.97. The van der Waals surface area contributed by atoms with E-state index in [2.05, 4.69) is 14.9 Å². The first kappa shape index (κ1) is 16.7. The number of hydrogen-bond donors (Lipinski definition) is 2. The van der Waals surface area contributed by atoms with Gasteiger partial charge in [-0.05, 0) is 49.4 Å². The van der Waals surface area contributed by atoms with Crippen LogP contribution in [0.4, 0.5) is 5.69 Å². The van der Waals surface area contributed by atoms with Crippen LogP contribution in [0.25, 0.3) is 11.4 Å². The monoisotopic (exact) mass is 326 g/mol. The van der Waals surface area contributed by atoms with Gasteiger partial charge < -0.3 is 15.6 Å². The third kappa shape index (κ3) is 3.36. The van der Waals surface area contributed by atoms with Crippen molar-refractivity contribution in [1.29, 1.82) is 0 Å². The van der Waals surface area contributed by atoms with Gasteiger partial charge in [0, 0.05) is 29.7 Å². The van der Waals surface area contributed by atoms with Crippen molar-refractivity contribution in [3.8, 4) is 11.4 Å². The number of benzene rings is 1. The average molecular weight is 326 g/mol. The van der Waals surface area contributed by atoms with Crippen molar-refractivity contribution in [2.24, 2.45) is 11.7 Å². The number of anilines is 1. The second kappa shape index (κ2) is 7.18. The molecule has 5 heteroatoms. The zero-order chi connectivity index (χ0) is 17.1. The molecular formula is C19H26N4O. The van der Waals surface area contributed by atoms with Crippen molar-refractivity contribution in [2.45, 2.75) is 52.1 Å². The Kier molecular flexibility index (Phi) is 5.00. The highest BCUT2D eigenvalue weighted by molar-refractivity contribution is 5.95. The zero-order valence-electron chi connectivity index (χ0n) is 14.5. The van der Waals surface area contributed by atoms with E-state index in [0.717, 1.165) is 36.5 Å². The topological polar surface area (TPSA) is 72.9 Å². The van der Waals surface area contributed by atoms with Crippen LogP contribution in [0.3, 0.4) is 0 Å². The minimum Gasteiger partial charge on any atom is -0.328 e. The van der Waals surface area contributed by atoms with E-state index in [1.54, 1.807) is 0 Å². The van der Waals surface area contributed by atoms with E-state index in [1.165, 1.54) is 18.5 Å². The van der Waals surface area contributed by atoms with Crippen molar-refractivity contribution in [1.82, 2.24) is 9.55 Å². The molecule has 2 atom stereocenters. The van der Waals surface area contributed by atoms with Gasteiger partial charge in [-0.2, -0.15) is 0 Å². The molecule has 0 saturated carbocycles. The number of imidazole rings is 1. The Morgan fingerprint density at radius 2 is 2.08 bits per heavy atom. The molecule has 2 unspecified atom stereocenters. The van der Waals surface area contributed by atoms with Crippen LogP contribution in [0, 0.1) is 5.92 Å². The van der Waals surface area contributed by atoms with Crippen molar-refractivity contribution < 1.29 is 4.79 Å². The number of nitrogens with two attached hydrogens (primary N) is 1. The summed E-state index contributed by atoms with van der Waals surface area (Å²) < 4.78 is 2.30. The first-order valence-electron chi connectivity index (χ1n) is 8.81. The van der Waals surface area contributed by atoms with Gasteiger partial charge in [0.25, 0.3) is 0 Å². The van der Waals surface area contributed by atoms with Crippen molar-refractivity contribution >= 4 is 11.6 Å². The number of hydrogen-bond acceptors (Lipinski definition) is 3. The van der Waals surface area contributed by atoms with E-state index in [0.29, 0.717) is 0 Å². The van der Waals surface area contributed by atoms with Crippen LogP contribution in [0.5, 0.6) is 0 Å². The van der Waals surface area contributed by atoms with Gasteiger partial charge in [-0.25, -0.2) is 4.98 Å². The highest BCUT2D eigenvalue weighted by atomic mass is 16.2. The van der Waals surface area contributed by atoms with E-state index in [9.17, 15) is 4.79 Å². The Balaban J connectivity index is 1.72. The summed E-state index contributed by atoms with van der Waals surface area (Å²) in [6.07, 6.45) is 6.42. The van der Waals surface area contributed by atoms with Crippen molar-refractivity contribution in [2.75, 3.05) is 5.32 Å². The van der Waals surface area contributed by atoms with Gasteiger partial charge in [0.2, 0.25) is 5.91 Å². The number of carbonyl (C=O) groups excluding carboxylic acids is 1. The van der Waals surface area contributed by atoms with Gasteiger partial charge in [-0.15, -0.1) is 0 Å². The number of aryl methyl sites for hydroxylation is 1. The van der Waals surface area contributed by atoms with Gasteiger partial charge in [-0.1, -0.05) is 20.3 Å². The number of carbonyl (C=O) groups is 1. The first-order chi connectivity index (χ1) is 11.6. The van der Waals surface area contributed by atoms with Gasteiger partial charge >= 0.3 is 0 Å². The Morgan fingerprint density at radius 1 is 1.33 bits per heavy atom. The largest absolute Gasteiger partial charge is 0.328 e. The fraction of sp³-hybridized carbons (Fsp3) is 0.474. The predicted molar refractivity (Wildman–Crippen MR) is 96.7 cm³/mol. The van der Waals surface area contributed by atoms with Crippen LogP contribution in [0.1, 0.15) is 38.8 Å². The SMILES string of the molecule is CCC(C)C(N)C(=O)Nc1ccc(-c2ncc3n2CCCC3)cc1. The molecule has 0 radical (unpaired) electrons. The lowest BCUT2D eigenvalue weighted by atomic mass is 9.99. The molecule has 5 nitrogen and oxygen atoms in total. The highest BCUT2D eigenvalue weighted by Gasteiger charge is 2.19. The standard InChI is InChI=1S/C19H26N4O/c1-3-13(2)17(20)19(24)22-15-9-7-14(8-10-15)18-21-12-16-6-4-5-11-23(16)18/h7-10,12-13,17H,3-6,11,20H2,1-2H3,(H,22,24). The van der Waals surface area contributed by atoms with E-state index in [-0.39, 0.29) is 11.8 Å². The summed E-state index contributed by atoms with van der Waals surface area (Å²) >= 11 is 0. The predicted octanol–water partition coefficient (Wildman–Crippen LogP) is 3.20. The van der Waals surface area contributed by atoms with Gasteiger partial charge in [0.1, 0.15) is 5.82 Å². The Labute approximate surface area is 143 Å². The number of aromatic nitrogens is 2. The molecule has 128 valence electrons. The van der Waals surface area contributed by atoms with E-state index in [4.69, 9.17) is 5.73 Å². The van der Waals surface area contributed by atoms with Crippen LogP contribution in [-0.2, 0) is 17.8 Å². The van der Waals surface area contributed by atoms with Crippen LogP contribution in [0.2, 0.25) is 0 Å². The first-order valence-corrected chi connectivity index (χ1v) is 8.81. The maximum atomic E-state index is 12.2. The van der Waals surface area contributed by atoms with E-state index in [1.807, 2.05) is 44.3 Å². The molecule has 0 saturated heterocycles. The molecule has 0 fully saturated rings. The summed E-state index contributed by atoms with van der Waals surface area (Å²) in [7, 11) is 0. The molecule has 0 spiro atoms. The summed E-state index contributed by atoms with van der Waals surface area (Å²) in [5, 5.41) is 2.90. The quantitative estimate of drug-likeness (QED) is 0.886. The second-order valence-corrected chi connectivity index (χ2v) is 6.66. The van der Waals surface area contributed by atoms with Crippen LogP contribution >= 0.6 is 0 Å². The second-order valence-electron chi connectivity index (χ2n) is 6.66. The summed E-state index contributed by atoms with van der Waals surface area (Å²) in [5.41, 5.74) is 9.14. The number of nitrogens with zero attached hydrogens (tertiary/aromatic N) is 2. The molecule has 24 heavy (non-hydrogen) atoms. The zero-order valence-corrected chi connectivity index (χ0v) is 14.5. The molecule has 0 aliphatic carbocycles. The molecule has 1 aliphatic rings. The minimum absolute atomic E-state index is 0.129. The van der Waals surface area contributed by atoms with Gasteiger partial charge in [0.05, 0.1) is 6.04 Å². The van der Waals surface area contributed by atoms with Gasteiger partial charge in [-0.3, -0.25) is 4.79 Å². The molecule has 2 heterocycles. The Hall–Kier alpha value is -2.14. The van der Waals surface area contributed by atoms with Crippen LogP contribution in [-0.4, -0.2) is 21.5 Å². The highest BCUT2D eigenvalue weighted by Crippen LogP contribution is 2.25. The average Bonchev–Trinajstić information content (AvgIpc) is 3.05. The van der Waals surface area contributed by atoms with E-state index >= 15 is 0 Å². The maximum Gasteiger partial charge on any atom is 0.241 e. The van der Waals surface area contributed by atoms with Crippen LogP contribution < -0.4 is 11.1 Å². The fourth-order valence-corrected chi connectivity index (χ4v) is 3.11. The summed E-state index contributed by atoms with van der Waals surface area (Å²) in [4.78, 5) is 16.7. The van der Waals surface area contributed by atoms with Crippen molar-refractivity contribution in [3.05, 3.63) is 36.2 Å². The molecule has 3 rings (SSSR count). The molecular weight excluding hydrogens is 300 g/mol. The number of fused-ring (bicyclic) bond motifs is 1. The molecule has 1 aliphatic heterocycles. The number of rotatable bonds is 5. The maximum absolute atomic E-state index is 12.2. The van der Waals surface area contributed by atoms with Crippen LogP contribution in [0.15, 0.2) is 30.5 Å². The minimum atomic E-state index is -0.478. The third-order valence-electron chi connectivity index (χ3n) is 4.97. The Bertz CT molecular complexity index is 705. The summed E-state index contributed by atoms with van der Waals surface area (Å²) in [5.74, 6) is 1.05. The lowest BCUT2D eigenvalue weighted by Gasteiger charge is -2.18. The summed E-state index contributed by atoms with van der Waals surface area (Å²) in [6.45, 7) is 5.07. The normalized spacial score (nSPS) is 16.3. The molecule has 1 aromatic carbocycles. The fourth-order valence-electron chi connectivity index (χ4n) is 3.11. The van der Waals surface area contributed by atoms with Crippen molar-refractivity contribution in [3.63, 3.8) is 0 Å². The molecule has 1 amide bonds. The summed E-state index contributed by atoms with van der Waals surface area (Å²) in [6, 6.07) is 7.37. The molecule has 2 aromatic rings. The number of nitrogens with one attached hydrogen (secondary N) is 1. The Morgan fingerprint density at radius 3 is 2.79 bits per heavy atom. The van der Waals surface area contributed by atoms with Gasteiger partial charge in [0.15, 0.2) is 0 Å². The smallest absolute Gasteiger partial charge is 0.241 e. The lowest BCUT2D eigenvalue weighted by Crippen LogP contribution is -2.40. The molecule has 0 bridgehead atoms. The van der Waals surface area contributed by atoms with E-state index < -0.39 is 6.04 Å². The molecule has 3 N–H and O–H groups in total.